The van der Waals surface area contributed by atoms with Crippen molar-refractivity contribution in [3.05, 3.63) is 34.3 Å². The first-order chi connectivity index (χ1) is 7.11. The zero-order valence-electron chi connectivity index (χ0n) is 8.00. The molecule has 0 aliphatic carbocycles. The van der Waals surface area contributed by atoms with E-state index in [1.165, 1.54) is 0 Å². The predicted molar refractivity (Wildman–Crippen MR) is 67.9 cm³/mol. The number of halogens is 1. The second kappa shape index (κ2) is 5.82. The third-order valence-corrected chi connectivity index (χ3v) is 2.67. The van der Waals surface area contributed by atoms with Gasteiger partial charge in [0.05, 0.1) is 10.6 Å². The smallest absolute Gasteiger partial charge is 0.252 e. The molecule has 0 atom stereocenters. The van der Waals surface area contributed by atoms with Gasteiger partial charge in [-0.15, -0.1) is 0 Å². The first-order valence-electron chi connectivity index (χ1n) is 4.42. The van der Waals surface area contributed by atoms with E-state index < -0.39 is 0 Å². The molecule has 1 aromatic carbocycles. The van der Waals surface area contributed by atoms with E-state index in [9.17, 15) is 4.79 Å². The number of rotatable bonds is 4. The minimum absolute atomic E-state index is 0.126. The molecule has 0 spiro atoms. The van der Waals surface area contributed by atoms with Crippen molar-refractivity contribution in [2.24, 2.45) is 5.73 Å². The topological polar surface area (TPSA) is 55.1 Å². The van der Waals surface area contributed by atoms with E-state index in [4.69, 9.17) is 18.0 Å². The average molecular weight is 287 g/mol. The Morgan fingerprint density at radius 2 is 2.13 bits per heavy atom. The van der Waals surface area contributed by atoms with E-state index in [0.717, 1.165) is 4.47 Å². The fourth-order valence-electron chi connectivity index (χ4n) is 1.04. The lowest BCUT2D eigenvalue weighted by Crippen LogP contribution is -2.27. The monoisotopic (exact) mass is 286 g/mol. The normalized spacial score (nSPS) is 9.67. The summed E-state index contributed by atoms with van der Waals surface area (Å²) in [5.74, 6) is -0.126. The second-order valence-electron chi connectivity index (χ2n) is 2.95. The van der Waals surface area contributed by atoms with Crippen LogP contribution in [-0.2, 0) is 0 Å². The third kappa shape index (κ3) is 3.97. The van der Waals surface area contributed by atoms with Gasteiger partial charge in [0.25, 0.3) is 5.91 Å². The van der Waals surface area contributed by atoms with Gasteiger partial charge in [-0.3, -0.25) is 4.79 Å². The molecule has 0 aliphatic rings. The van der Waals surface area contributed by atoms with Crippen LogP contribution < -0.4 is 11.1 Å². The average Bonchev–Trinajstić information content (AvgIpc) is 2.17. The molecule has 0 fully saturated rings. The van der Waals surface area contributed by atoms with Crippen LogP contribution in [0.25, 0.3) is 0 Å². The van der Waals surface area contributed by atoms with Crippen molar-refractivity contribution >= 4 is 39.0 Å². The molecular formula is C10H11BrN2OS. The summed E-state index contributed by atoms with van der Waals surface area (Å²) in [6.45, 7) is 0.468. The molecule has 0 saturated carbocycles. The Morgan fingerprint density at radius 1 is 1.47 bits per heavy atom. The van der Waals surface area contributed by atoms with Crippen molar-refractivity contribution < 1.29 is 4.79 Å². The lowest BCUT2D eigenvalue weighted by molar-refractivity contribution is 0.0954. The molecule has 3 nitrogen and oxygen atoms in total. The number of hydrogen-bond acceptors (Lipinski definition) is 2. The van der Waals surface area contributed by atoms with Crippen molar-refractivity contribution in [1.82, 2.24) is 5.32 Å². The maximum absolute atomic E-state index is 11.6. The molecular weight excluding hydrogens is 276 g/mol. The minimum Gasteiger partial charge on any atom is -0.393 e. The van der Waals surface area contributed by atoms with Crippen LogP contribution in [0.15, 0.2) is 28.7 Å². The van der Waals surface area contributed by atoms with Gasteiger partial charge in [-0.1, -0.05) is 24.4 Å². The summed E-state index contributed by atoms with van der Waals surface area (Å²) >= 11 is 8.01. The van der Waals surface area contributed by atoms with E-state index in [1.54, 1.807) is 6.07 Å². The number of carbonyl (C=O) groups excluding carboxylic acids is 1. The Bertz CT molecular complexity index is 381. The standard InChI is InChI=1S/C10H11BrN2OS/c11-8-4-2-1-3-7(8)10(14)13-6-5-9(12)15/h1-4H,5-6H2,(H2,12,15)(H,13,14). The summed E-state index contributed by atoms with van der Waals surface area (Å²) < 4.78 is 0.776. The summed E-state index contributed by atoms with van der Waals surface area (Å²) in [5, 5.41) is 2.73. The van der Waals surface area contributed by atoms with Crippen LogP contribution in [-0.4, -0.2) is 17.4 Å². The van der Waals surface area contributed by atoms with Crippen molar-refractivity contribution in [1.29, 1.82) is 0 Å². The number of benzene rings is 1. The van der Waals surface area contributed by atoms with Gasteiger partial charge >= 0.3 is 0 Å². The van der Waals surface area contributed by atoms with Crippen LogP contribution in [0, 0.1) is 0 Å². The number of thiocarbonyl (C=S) groups is 1. The number of carbonyl (C=O) groups is 1. The first-order valence-corrected chi connectivity index (χ1v) is 5.62. The van der Waals surface area contributed by atoms with Crippen molar-refractivity contribution in [2.75, 3.05) is 6.54 Å². The fourth-order valence-corrected chi connectivity index (χ4v) is 1.61. The molecule has 1 rings (SSSR count). The van der Waals surface area contributed by atoms with Gasteiger partial charge in [0.1, 0.15) is 0 Å². The lowest BCUT2D eigenvalue weighted by atomic mass is 10.2. The van der Waals surface area contributed by atoms with Crippen molar-refractivity contribution in [3.63, 3.8) is 0 Å². The summed E-state index contributed by atoms with van der Waals surface area (Å²) in [5.41, 5.74) is 5.93. The van der Waals surface area contributed by atoms with Gasteiger partial charge < -0.3 is 11.1 Å². The highest BCUT2D eigenvalue weighted by atomic mass is 79.9. The Labute approximate surface area is 102 Å². The molecule has 0 radical (unpaired) electrons. The van der Waals surface area contributed by atoms with E-state index in [0.29, 0.717) is 23.5 Å². The van der Waals surface area contributed by atoms with Gasteiger partial charge in [0, 0.05) is 17.4 Å². The van der Waals surface area contributed by atoms with Gasteiger partial charge in [-0.25, -0.2) is 0 Å². The zero-order chi connectivity index (χ0) is 11.3. The second-order valence-corrected chi connectivity index (χ2v) is 4.33. The molecule has 0 unspecified atom stereocenters. The molecule has 5 heteroatoms. The number of hydrogen-bond donors (Lipinski definition) is 2. The molecule has 1 aromatic rings. The van der Waals surface area contributed by atoms with Crippen LogP contribution in [0.3, 0.4) is 0 Å². The largest absolute Gasteiger partial charge is 0.393 e. The van der Waals surface area contributed by atoms with Crippen LogP contribution >= 0.6 is 28.1 Å². The van der Waals surface area contributed by atoms with E-state index in [2.05, 4.69) is 21.2 Å². The summed E-state index contributed by atoms with van der Waals surface area (Å²) in [6.07, 6.45) is 0.519. The molecule has 0 aliphatic heterocycles. The van der Waals surface area contributed by atoms with Gasteiger partial charge in [0.2, 0.25) is 0 Å². The zero-order valence-corrected chi connectivity index (χ0v) is 10.4. The van der Waals surface area contributed by atoms with E-state index in [-0.39, 0.29) is 5.91 Å². The number of amides is 1. The Balaban J connectivity index is 2.54. The summed E-state index contributed by atoms with van der Waals surface area (Å²) in [7, 11) is 0. The Hall–Kier alpha value is -0.940. The van der Waals surface area contributed by atoms with Crippen LogP contribution in [0.5, 0.6) is 0 Å². The Kier molecular flexibility index (Phi) is 4.71. The maximum Gasteiger partial charge on any atom is 0.252 e. The molecule has 0 heterocycles. The van der Waals surface area contributed by atoms with Crippen LogP contribution in [0.2, 0.25) is 0 Å². The quantitative estimate of drug-likeness (QED) is 0.831. The molecule has 0 aromatic heterocycles. The summed E-state index contributed by atoms with van der Waals surface area (Å²) in [4.78, 5) is 12.0. The van der Waals surface area contributed by atoms with Crippen LogP contribution in [0.1, 0.15) is 16.8 Å². The SMILES string of the molecule is NC(=S)CCNC(=O)c1ccccc1Br. The van der Waals surface area contributed by atoms with Gasteiger partial charge in [0.15, 0.2) is 0 Å². The van der Waals surface area contributed by atoms with Gasteiger partial charge in [-0.05, 0) is 28.1 Å². The minimum atomic E-state index is -0.126. The molecule has 15 heavy (non-hydrogen) atoms. The molecule has 80 valence electrons. The highest BCUT2D eigenvalue weighted by molar-refractivity contribution is 9.10. The predicted octanol–water partition coefficient (Wildman–Crippen LogP) is 1.86. The fraction of sp³-hybridized carbons (Fsp3) is 0.200. The highest BCUT2D eigenvalue weighted by Gasteiger charge is 2.07. The maximum atomic E-state index is 11.6. The highest BCUT2D eigenvalue weighted by Crippen LogP contribution is 2.15. The molecule has 0 saturated heterocycles. The molecule has 3 N–H and O–H groups in total. The molecule has 1 amide bonds. The van der Waals surface area contributed by atoms with Gasteiger partial charge in [-0.2, -0.15) is 0 Å². The van der Waals surface area contributed by atoms with Crippen molar-refractivity contribution in [3.8, 4) is 0 Å². The number of nitrogens with two attached hydrogens (primary N) is 1. The lowest BCUT2D eigenvalue weighted by Gasteiger charge is -2.05. The van der Waals surface area contributed by atoms with Crippen molar-refractivity contribution in [2.45, 2.75) is 6.42 Å². The first kappa shape index (κ1) is 12.1. The molecule has 0 bridgehead atoms. The van der Waals surface area contributed by atoms with E-state index >= 15 is 0 Å². The van der Waals surface area contributed by atoms with Crippen LogP contribution in [0.4, 0.5) is 0 Å². The number of nitrogens with one attached hydrogen (secondary N) is 1. The summed E-state index contributed by atoms with van der Waals surface area (Å²) in [6, 6.07) is 7.24. The Morgan fingerprint density at radius 3 is 2.73 bits per heavy atom. The van der Waals surface area contributed by atoms with E-state index in [1.807, 2.05) is 18.2 Å². The third-order valence-electron chi connectivity index (χ3n) is 1.78.